The van der Waals surface area contributed by atoms with Gasteiger partial charge in [-0.3, -0.25) is 0 Å². The van der Waals surface area contributed by atoms with Crippen LogP contribution < -0.4 is 10.6 Å². The molecule has 96 valence electrons. The fourth-order valence-electron chi connectivity index (χ4n) is 2.41. The number of imidazole rings is 1. The van der Waals surface area contributed by atoms with E-state index in [1.165, 1.54) is 12.1 Å². The molecule has 4 heteroatoms. The van der Waals surface area contributed by atoms with Gasteiger partial charge in [0, 0.05) is 31.4 Å². The van der Waals surface area contributed by atoms with Crippen LogP contribution in [0.5, 0.6) is 0 Å². The SMILES string of the molecule is CCc1cn(C(C)C)c(N2CCCC(N)C2)n1. The fourth-order valence-corrected chi connectivity index (χ4v) is 2.41. The molecule has 2 rings (SSSR count). The van der Waals surface area contributed by atoms with Gasteiger partial charge in [0.25, 0.3) is 0 Å². The van der Waals surface area contributed by atoms with Crippen molar-refractivity contribution in [2.45, 2.75) is 52.1 Å². The predicted octanol–water partition coefficient (Wildman–Crippen LogP) is 1.95. The number of nitrogens with zero attached hydrogens (tertiary/aromatic N) is 3. The summed E-state index contributed by atoms with van der Waals surface area (Å²) in [5, 5.41) is 0. The molecule has 1 atom stereocenters. The number of hydrogen-bond acceptors (Lipinski definition) is 3. The maximum atomic E-state index is 6.05. The quantitative estimate of drug-likeness (QED) is 0.872. The van der Waals surface area contributed by atoms with Crippen molar-refractivity contribution < 1.29 is 0 Å². The number of hydrogen-bond donors (Lipinski definition) is 1. The second-order valence-corrected chi connectivity index (χ2v) is 5.24. The van der Waals surface area contributed by atoms with Gasteiger partial charge in [-0.1, -0.05) is 6.92 Å². The van der Waals surface area contributed by atoms with Crippen LogP contribution in [0, 0.1) is 0 Å². The van der Waals surface area contributed by atoms with E-state index in [-0.39, 0.29) is 0 Å². The molecule has 0 aromatic carbocycles. The van der Waals surface area contributed by atoms with E-state index in [1.54, 1.807) is 0 Å². The largest absolute Gasteiger partial charge is 0.341 e. The van der Waals surface area contributed by atoms with Crippen molar-refractivity contribution in [3.63, 3.8) is 0 Å². The van der Waals surface area contributed by atoms with Gasteiger partial charge in [-0.2, -0.15) is 0 Å². The first kappa shape index (κ1) is 12.4. The van der Waals surface area contributed by atoms with Gasteiger partial charge in [0.05, 0.1) is 5.69 Å². The highest BCUT2D eigenvalue weighted by molar-refractivity contribution is 5.35. The van der Waals surface area contributed by atoms with Crippen LogP contribution in [0.15, 0.2) is 6.20 Å². The van der Waals surface area contributed by atoms with E-state index in [1.807, 2.05) is 0 Å². The van der Waals surface area contributed by atoms with Crippen molar-refractivity contribution in [1.29, 1.82) is 0 Å². The highest BCUT2D eigenvalue weighted by Gasteiger charge is 2.22. The summed E-state index contributed by atoms with van der Waals surface area (Å²) < 4.78 is 2.27. The van der Waals surface area contributed by atoms with Crippen LogP contribution in [0.1, 0.15) is 45.3 Å². The average Bonchev–Trinajstić information content (AvgIpc) is 2.73. The zero-order chi connectivity index (χ0) is 12.4. The van der Waals surface area contributed by atoms with Gasteiger partial charge < -0.3 is 15.2 Å². The summed E-state index contributed by atoms with van der Waals surface area (Å²) >= 11 is 0. The third kappa shape index (κ3) is 2.63. The highest BCUT2D eigenvalue weighted by atomic mass is 15.3. The molecule has 0 aliphatic carbocycles. The second kappa shape index (κ2) is 5.08. The molecule has 4 nitrogen and oxygen atoms in total. The van der Waals surface area contributed by atoms with Gasteiger partial charge >= 0.3 is 0 Å². The van der Waals surface area contributed by atoms with Crippen LogP contribution >= 0.6 is 0 Å². The van der Waals surface area contributed by atoms with Crippen molar-refractivity contribution in [3.05, 3.63) is 11.9 Å². The van der Waals surface area contributed by atoms with Gasteiger partial charge in [0.1, 0.15) is 0 Å². The topological polar surface area (TPSA) is 47.1 Å². The van der Waals surface area contributed by atoms with Crippen molar-refractivity contribution >= 4 is 5.95 Å². The van der Waals surface area contributed by atoms with Crippen molar-refractivity contribution in [1.82, 2.24) is 9.55 Å². The van der Waals surface area contributed by atoms with E-state index in [0.717, 1.165) is 31.9 Å². The van der Waals surface area contributed by atoms with Gasteiger partial charge in [-0.25, -0.2) is 4.98 Å². The normalized spacial score (nSPS) is 21.2. The lowest BCUT2D eigenvalue weighted by Crippen LogP contribution is -2.44. The van der Waals surface area contributed by atoms with Crippen LogP contribution in [-0.4, -0.2) is 28.7 Å². The minimum Gasteiger partial charge on any atom is -0.341 e. The van der Waals surface area contributed by atoms with Gasteiger partial charge in [0.15, 0.2) is 0 Å². The number of aryl methyl sites for hydroxylation is 1. The molecule has 1 aliphatic rings. The summed E-state index contributed by atoms with van der Waals surface area (Å²) in [5.74, 6) is 1.10. The fraction of sp³-hybridized carbons (Fsp3) is 0.769. The molecular weight excluding hydrogens is 212 g/mol. The maximum absolute atomic E-state index is 6.05. The smallest absolute Gasteiger partial charge is 0.206 e. The van der Waals surface area contributed by atoms with Crippen molar-refractivity contribution in [2.24, 2.45) is 5.73 Å². The predicted molar refractivity (Wildman–Crippen MR) is 71.4 cm³/mol. The molecule has 0 bridgehead atoms. The van der Waals surface area contributed by atoms with E-state index in [2.05, 4.69) is 36.4 Å². The van der Waals surface area contributed by atoms with Crippen LogP contribution in [0.4, 0.5) is 5.95 Å². The van der Waals surface area contributed by atoms with Crippen molar-refractivity contribution in [2.75, 3.05) is 18.0 Å². The number of piperidine rings is 1. The van der Waals surface area contributed by atoms with Crippen LogP contribution in [0.2, 0.25) is 0 Å². The first-order valence-corrected chi connectivity index (χ1v) is 6.70. The molecule has 2 N–H and O–H groups in total. The molecule has 1 aromatic heterocycles. The Bertz CT molecular complexity index is 369. The Morgan fingerprint density at radius 1 is 1.53 bits per heavy atom. The average molecular weight is 236 g/mol. The lowest BCUT2D eigenvalue weighted by atomic mass is 10.1. The van der Waals surface area contributed by atoms with E-state index < -0.39 is 0 Å². The molecule has 0 radical (unpaired) electrons. The Balaban J connectivity index is 2.26. The molecule has 2 heterocycles. The van der Waals surface area contributed by atoms with Gasteiger partial charge in [-0.05, 0) is 33.1 Å². The molecule has 1 fully saturated rings. The molecule has 1 unspecified atom stereocenters. The Morgan fingerprint density at radius 3 is 2.88 bits per heavy atom. The van der Waals surface area contributed by atoms with E-state index >= 15 is 0 Å². The van der Waals surface area contributed by atoms with Crippen LogP contribution in [0.3, 0.4) is 0 Å². The van der Waals surface area contributed by atoms with E-state index in [4.69, 9.17) is 10.7 Å². The Kier molecular flexibility index (Phi) is 3.72. The Morgan fingerprint density at radius 2 is 2.29 bits per heavy atom. The number of rotatable bonds is 3. The standard InChI is InChI=1S/C13H24N4/c1-4-12-9-17(10(2)3)13(15-12)16-7-5-6-11(14)8-16/h9-11H,4-8,14H2,1-3H3. The molecule has 1 aromatic rings. The molecule has 17 heavy (non-hydrogen) atoms. The summed E-state index contributed by atoms with van der Waals surface area (Å²) in [6.07, 6.45) is 5.49. The van der Waals surface area contributed by atoms with E-state index in [9.17, 15) is 0 Å². The summed E-state index contributed by atoms with van der Waals surface area (Å²) in [4.78, 5) is 7.08. The molecule has 1 aliphatic heterocycles. The summed E-state index contributed by atoms with van der Waals surface area (Å²) in [7, 11) is 0. The monoisotopic (exact) mass is 236 g/mol. The minimum absolute atomic E-state index is 0.297. The summed E-state index contributed by atoms with van der Waals surface area (Å²) in [6.45, 7) is 8.58. The number of nitrogens with two attached hydrogens (primary N) is 1. The molecule has 1 saturated heterocycles. The number of anilines is 1. The Labute approximate surface area is 104 Å². The summed E-state index contributed by atoms with van der Waals surface area (Å²) in [6, 6.07) is 0.752. The zero-order valence-electron chi connectivity index (χ0n) is 11.2. The van der Waals surface area contributed by atoms with Gasteiger partial charge in [-0.15, -0.1) is 0 Å². The maximum Gasteiger partial charge on any atom is 0.206 e. The number of aromatic nitrogens is 2. The zero-order valence-corrected chi connectivity index (χ0v) is 11.2. The first-order valence-electron chi connectivity index (χ1n) is 6.70. The Hall–Kier alpha value is -1.03. The van der Waals surface area contributed by atoms with Crippen LogP contribution in [0.25, 0.3) is 0 Å². The molecule has 0 saturated carbocycles. The second-order valence-electron chi connectivity index (χ2n) is 5.24. The molecular formula is C13H24N4. The third-order valence-electron chi connectivity index (χ3n) is 3.42. The van der Waals surface area contributed by atoms with Gasteiger partial charge in [0.2, 0.25) is 5.95 Å². The van der Waals surface area contributed by atoms with Crippen molar-refractivity contribution in [3.8, 4) is 0 Å². The molecule has 0 amide bonds. The molecule has 0 spiro atoms. The lowest BCUT2D eigenvalue weighted by molar-refractivity contribution is 0.485. The lowest BCUT2D eigenvalue weighted by Gasteiger charge is -2.32. The highest BCUT2D eigenvalue weighted by Crippen LogP contribution is 2.23. The van der Waals surface area contributed by atoms with E-state index in [0.29, 0.717) is 12.1 Å². The third-order valence-corrected chi connectivity index (χ3v) is 3.42. The minimum atomic E-state index is 0.297. The summed E-state index contributed by atoms with van der Waals surface area (Å²) in [5.41, 5.74) is 7.22. The first-order chi connectivity index (χ1) is 8.11. The van der Waals surface area contributed by atoms with Crippen LogP contribution in [-0.2, 0) is 6.42 Å².